The quantitative estimate of drug-likeness (QED) is 0.416. The molecule has 0 unspecified atom stereocenters. The monoisotopic (exact) mass is 490 g/mol. The van der Waals surface area contributed by atoms with Crippen LogP contribution in [-0.2, 0) is 20.2 Å². The van der Waals surface area contributed by atoms with Gasteiger partial charge in [0.2, 0.25) is 5.88 Å². The molecule has 0 saturated carbocycles. The van der Waals surface area contributed by atoms with E-state index < -0.39 is 5.97 Å². The summed E-state index contributed by atoms with van der Waals surface area (Å²) >= 11 is 0. The number of halogens is 1. The summed E-state index contributed by atoms with van der Waals surface area (Å²) in [5.74, 6) is 0.156. The lowest BCUT2D eigenvalue weighted by Gasteiger charge is -2.31. The smallest absolute Gasteiger partial charge is 0.354 e. The average molecular weight is 491 g/mol. The molecule has 1 aromatic carbocycles. The van der Waals surface area contributed by atoms with Crippen molar-refractivity contribution in [2.24, 2.45) is 7.05 Å². The van der Waals surface area contributed by atoms with E-state index in [4.69, 9.17) is 4.74 Å². The third-order valence-electron chi connectivity index (χ3n) is 6.68. The van der Waals surface area contributed by atoms with Gasteiger partial charge in [0.25, 0.3) is 0 Å². The zero-order valence-electron chi connectivity index (χ0n) is 20.2. The third-order valence-corrected chi connectivity index (χ3v) is 6.68. The number of aromatic carboxylic acids is 1. The second-order valence-electron chi connectivity index (χ2n) is 9.13. The molecule has 0 aliphatic carbocycles. The normalized spacial score (nSPS) is 14.9. The van der Waals surface area contributed by atoms with E-state index in [1.54, 1.807) is 24.5 Å². The lowest BCUT2D eigenvalue weighted by molar-refractivity contribution is 0.0690. The Morgan fingerprint density at radius 3 is 2.69 bits per heavy atom. The number of hydrogen-bond acceptors (Lipinski definition) is 7. The molecule has 0 atom stereocenters. The molecule has 1 aliphatic heterocycles. The van der Waals surface area contributed by atoms with Crippen LogP contribution in [0.3, 0.4) is 0 Å². The molecule has 36 heavy (non-hydrogen) atoms. The van der Waals surface area contributed by atoms with E-state index in [9.17, 15) is 14.3 Å². The van der Waals surface area contributed by atoms with Crippen molar-refractivity contribution in [1.82, 2.24) is 29.4 Å². The molecule has 3 aromatic heterocycles. The first kappa shape index (κ1) is 23.8. The fourth-order valence-electron chi connectivity index (χ4n) is 4.61. The van der Waals surface area contributed by atoms with Gasteiger partial charge in [-0.15, -0.1) is 0 Å². The second-order valence-corrected chi connectivity index (χ2v) is 9.13. The Balaban J connectivity index is 1.23. The van der Waals surface area contributed by atoms with Gasteiger partial charge in [-0.05, 0) is 50.6 Å². The SMILES string of the molecule is Cc1ccc(COc2nccnc2C2CCN(Cc3nc4cnc(C(=O)O)cc4n3C)CC2)c(F)c1. The van der Waals surface area contributed by atoms with Crippen LogP contribution < -0.4 is 4.74 Å². The Hall–Kier alpha value is -3.92. The summed E-state index contributed by atoms with van der Waals surface area (Å²) in [6, 6.07) is 6.65. The Bertz CT molecular complexity index is 1410. The van der Waals surface area contributed by atoms with Crippen molar-refractivity contribution >= 4 is 17.0 Å². The number of hydrogen-bond donors (Lipinski definition) is 1. The topological polar surface area (TPSA) is 106 Å². The number of ether oxygens (including phenoxy) is 1. The fraction of sp³-hybridized carbons (Fsp3) is 0.346. The standard InChI is InChI=1S/C26H27FN6O3/c1-16-3-4-18(19(27)11-16)15-36-25-24(28-7-8-29-25)17-5-9-33(10-6-17)14-23-31-21-13-30-20(26(34)35)12-22(21)32(23)2/h3-4,7-8,11-13,17H,5-6,9-10,14-15H2,1-2H3,(H,34,35). The Kier molecular flexibility index (Phi) is 6.60. The van der Waals surface area contributed by atoms with Crippen LogP contribution in [0.25, 0.3) is 11.0 Å². The lowest BCUT2D eigenvalue weighted by Crippen LogP contribution is -2.33. The minimum Gasteiger partial charge on any atom is -0.477 e. The Morgan fingerprint density at radius 1 is 1.17 bits per heavy atom. The number of rotatable bonds is 7. The van der Waals surface area contributed by atoms with Crippen LogP contribution in [0.5, 0.6) is 5.88 Å². The molecule has 9 nitrogen and oxygen atoms in total. The van der Waals surface area contributed by atoms with Crippen molar-refractivity contribution in [3.8, 4) is 5.88 Å². The van der Waals surface area contributed by atoms with Gasteiger partial charge in [-0.3, -0.25) is 9.88 Å². The molecule has 1 aliphatic rings. The first-order chi connectivity index (χ1) is 17.4. The van der Waals surface area contributed by atoms with Crippen LogP contribution in [0.2, 0.25) is 0 Å². The largest absolute Gasteiger partial charge is 0.477 e. The molecule has 4 aromatic rings. The number of benzene rings is 1. The van der Waals surface area contributed by atoms with Crippen LogP contribution in [-0.4, -0.2) is 53.6 Å². The lowest BCUT2D eigenvalue weighted by atomic mass is 9.93. The van der Waals surface area contributed by atoms with Crippen LogP contribution in [0.4, 0.5) is 4.39 Å². The van der Waals surface area contributed by atoms with Crippen molar-refractivity contribution < 1.29 is 19.0 Å². The predicted molar refractivity (Wildman–Crippen MR) is 130 cm³/mol. The number of aromatic nitrogens is 5. The van der Waals surface area contributed by atoms with Crippen molar-refractivity contribution in [1.29, 1.82) is 0 Å². The van der Waals surface area contributed by atoms with Crippen molar-refractivity contribution in [2.45, 2.75) is 38.8 Å². The average Bonchev–Trinajstić information content (AvgIpc) is 3.18. The minimum absolute atomic E-state index is 0.00461. The van der Waals surface area contributed by atoms with E-state index in [-0.39, 0.29) is 24.0 Å². The molecule has 4 heterocycles. The zero-order valence-corrected chi connectivity index (χ0v) is 20.2. The second kappa shape index (κ2) is 9.98. The highest BCUT2D eigenvalue weighted by Crippen LogP contribution is 2.32. The van der Waals surface area contributed by atoms with E-state index >= 15 is 0 Å². The summed E-state index contributed by atoms with van der Waals surface area (Å²) in [5.41, 5.74) is 3.59. The number of fused-ring (bicyclic) bond motifs is 1. The molecule has 186 valence electrons. The number of piperidine rings is 1. The van der Waals surface area contributed by atoms with Gasteiger partial charge in [-0.1, -0.05) is 12.1 Å². The van der Waals surface area contributed by atoms with Crippen LogP contribution >= 0.6 is 0 Å². The van der Waals surface area contributed by atoms with Gasteiger partial charge >= 0.3 is 5.97 Å². The maximum atomic E-state index is 14.2. The summed E-state index contributed by atoms with van der Waals surface area (Å²) in [6.45, 7) is 4.28. The molecule has 0 radical (unpaired) electrons. The number of carboxylic acids is 1. The highest BCUT2D eigenvalue weighted by molar-refractivity contribution is 5.89. The number of imidazole rings is 1. The molecule has 0 bridgehead atoms. The van der Waals surface area contributed by atoms with E-state index in [0.717, 1.165) is 48.5 Å². The van der Waals surface area contributed by atoms with Gasteiger partial charge < -0.3 is 14.4 Å². The maximum absolute atomic E-state index is 14.2. The number of aryl methyl sites for hydroxylation is 2. The van der Waals surface area contributed by atoms with Crippen LogP contribution in [0, 0.1) is 12.7 Å². The highest BCUT2D eigenvalue weighted by Gasteiger charge is 2.26. The fourth-order valence-corrected chi connectivity index (χ4v) is 4.61. The molecule has 0 amide bonds. The van der Waals surface area contributed by atoms with E-state index in [1.165, 1.54) is 12.3 Å². The van der Waals surface area contributed by atoms with Gasteiger partial charge in [0.1, 0.15) is 35.2 Å². The van der Waals surface area contributed by atoms with Crippen LogP contribution in [0.15, 0.2) is 42.9 Å². The molecular formula is C26H27FN6O3. The number of pyridine rings is 1. The third kappa shape index (κ3) is 4.90. The van der Waals surface area contributed by atoms with E-state index in [0.29, 0.717) is 23.5 Å². The van der Waals surface area contributed by atoms with Gasteiger partial charge in [0.05, 0.1) is 18.3 Å². The van der Waals surface area contributed by atoms with Gasteiger partial charge in [-0.2, -0.15) is 0 Å². The van der Waals surface area contributed by atoms with E-state index in [2.05, 4.69) is 24.8 Å². The molecule has 5 rings (SSSR count). The summed E-state index contributed by atoms with van der Waals surface area (Å²) in [7, 11) is 1.89. The van der Waals surface area contributed by atoms with Crippen LogP contribution in [0.1, 0.15) is 51.9 Å². The highest BCUT2D eigenvalue weighted by atomic mass is 19.1. The number of nitrogens with zero attached hydrogens (tertiary/aromatic N) is 6. The van der Waals surface area contributed by atoms with Gasteiger partial charge in [0, 0.05) is 30.9 Å². The molecule has 1 saturated heterocycles. The zero-order chi connectivity index (χ0) is 25.2. The van der Waals surface area contributed by atoms with Crippen molar-refractivity contribution in [2.75, 3.05) is 13.1 Å². The summed E-state index contributed by atoms with van der Waals surface area (Å²) in [6.07, 6.45) is 6.52. The molecule has 10 heteroatoms. The van der Waals surface area contributed by atoms with Crippen molar-refractivity contribution in [3.05, 3.63) is 77.0 Å². The summed E-state index contributed by atoms with van der Waals surface area (Å²) < 4.78 is 22.1. The van der Waals surface area contributed by atoms with Gasteiger partial charge in [-0.25, -0.2) is 24.1 Å². The molecule has 1 fully saturated rings. The number of carboxylic acid groups (broad SMARTS) is 1. The van der Waals surface area contributed by atoms with Crippen molar-refractivity contribution in [3.63, 3.8) is 0 Å². The summed E-state index contributed by atoms with van der Waals surface area (Å²) in [4.78, 5) is 31.1. The molecule has 1 N–H and O–H groups in total. The first-order valence-corrected chi connectivity index (χ1v) is 11.8. The summed E-state index contributed by atoms with van der Waals surface area (Å²) in [5, 5.41) is 9.22. The van der Waals surface area contributed by atoms with Gasteiger partial charge in [0.15, 0.2) is 0 Å². The number of carbonyl (C=O) groups is 1. The Labute approximate surface area is 207 Å². The minimum atomic E-state index is -1.06. The predicted octanol–water partition coefficient (Wildman–Crippen LogP) is 3.86. The first-order valence-electron chi connectivity index (χ1n) is 11.8. The maximum Gasteiger partial charge on any atom is 0.354 e. The molecule has 0 spiro atoms. The number of likely N-dealkylation sites (tertiary alicyclic amines) is 1. The Morgan fingerprint density at radius 2 is 1.94 bits per heavy atom. The molecular weight excluding hydrogens is 463 g/mol. The van der Waals surface area contributed by atoms with E-state index in [1.807, 2.05) is 24.6 Å².